The summed E-state index contributed by atoms with van der Waals surface area (Å²) in [5.74, 6) is 0.596. The van der Waals surface area contributed by atoms with Crippen LogP contribution in [0.3, 0.4) is 0 Å². The lowest BCUT2D eigenvalue weighted by Gasteiger charge is -2.27. The molecule has 1 aromatic carbocycles. The Kier molecular flexibility index (Phi) is 5.07. The van der Waals surface area contributed by atoms with Crippen molar-refractivity contribution >= 4 is 29.2 Å². The summed E-state index contributed by atoms with van der Waals surface area (Å²) in [5, 5.41) is 1.13. The third-order valence-electron chi connectivity index (χ3n) is 4.60. The molecule has 0 saturated heterocycles. The third-order valence-corrected chi connectivity index (χ3v) is 4.60. The second-order valence-corrected chi connectivity index (χ2v) is 5.91. The molecule has 1 aliphatic carbocycles. The van der Waals surface area contributed by atoms with Crippen LogP contribution in [0.15, 0.2) is 30.5 Å². The summed E-state index contributed by atoms with van der Waals surface area (Å²) in [6, 6.07) is 8.10. The maximum absolute atomic E-state index is 11.8. The molecule has 3 nitrogen and oxygen atoms in total. The Morgan fingerprint density at radius 3 is 2.57 bits per heavy atom. The lowest BCUT2D eigenvalue weighted by atomic mass is 9.81. The first-order chi connectivity index (χ1) is 9.68. The number of carbonyl (C=O) groups excluding carboxylic acids is 1. The van der Waals surface area contributed by atoms with Crippen molar-refractivity contribution < 1.29 is 4.79 Å². The van der Waals surface area contributed by atoms with Gasteiger partial charge in [-0.2, -0.15) is 0 Å². The number of hydrogen-bond acceptors (Lipinski definition) is 2. The Morgan fingerprint density at radius 1 is 1.24 bits per heavy atom. The zero-order valence-electron chi connectivity index (χ0n) is 12.4. The van der Waals surface area contributed by atoms with Crippen molar-refractivity contribution in [3.05, 3.63) is 36.0 Å². The molecule has 2 N–H and O–H groups in total. The van der Waals surface area contributed by atoms with Gasteiger partial charge in [-0.1, -0.05) is 37.5 Å². The van der Waals surface area contributed by atoms with E-state index in [0.29, 0.717) is 5.92 Å². The predicted molar refractivity (Wildman–Crippen MR) is 89.0 cm³/mol. The van der Waals surface area contributed by atoms with Gasteiger partial charge in [0.05, 0.1) is 5.52 Å². The van der Waals surface area contributed by atoms with Gasteiger partial charge in [-0.25, -0.2) is 0 Å². The van der Waals surface area contributed by atoms with E-state index in [1.165, 1.54) is 32.1 Å². The molecule has 1 atom stereocenters. The number of nitrogens with zero attached hydrogens (tertiary/aromatic N) is 1. The first kappa shape index (κ1) is 16.1. The molecule has 1 heterocycles. The van der Waals surface area contributed by atoms with Crippen LogP contribution >= 0.6 is 12.4 Å². The van der Waals surface area contributed by atoms with Crippen LogP contribution in [0.25, 0.3) is 10.9 Å². The fourth-order valence-electron chi connectivity index (χ4n) is 3.48. The van der Waals surface area contributed by atoms with Gasteiger partial charge in [0.25, 0.3) is 0 Å². The van der Waals surface area contributed by atoms with Crippen molar-refractivity contribution in [2.75, 3.05) is 0 Å². The molecule has 2 aromatic rings. The topological polar surface area (TPSA) is 48.0 Å². The highest BCUT2D eigenvalue weighted by Gasteiger charge is 2.25. The molecule has 0 spiro atoms. The van der Waals surface area contributed by atoms with E-state index in [4.69, 9.17) is 5.73 Å². The van der Waals surface area contributed by atoms with Crippen LogP contribution in [0.5, 0.6) is 0 Å². The van der Waals surface area contributed by atoms with Crippen molar-refractivity contribution in [2.45, 2.75) is 45.1 Å². The number of nitrogens with two attached hydrogens (primary N) is 1. The van der Waals surface area contributed by atoms with Crippen molar-refractivity contribution in [3.8, 4) is 0 Å². The Bertz CT molecular complexity index is 629. The summed E-state index contributed by atoms with van der Waals surface area (Å²) in [6.45, 7) is 1.60. The highest BCUT2D eigenvalue weighted by Crippen LogP contribution is 2.36. The number of para-hydroxylation sites is 1. The van der Waals surface area contributed by atoms with Crippen LogP contribution < -0.4 is 5.73 Å². The van der Waals surface area contributed by atoms with E-state index in [1.807, 2.05) is 24.4 Å². The summed E-state index contributed by atoms with van der Waals surface area (Å²) in [4.78, 5) is 11.8. The van der Waals surface area contributed by atoms with Crippen LogP contribution in [0.4, 0.5) is 0 Å². The molecule has 0 aliphatic heterocycles. The summed E-state index contributed by atoms with van der Waals surface area (Å²) >= 11 is 0. The first-order valence-corrected chi connectivity index (χ1v) is 7.55. The molecule has 0 amide bonds. The Labute approximate surface area is 131 Å². The van der Waals surface area contributed by atoms with Crippen LogP contribution in [0.1, 0.15) is 55.4 Å². The molecule has 3 rings (SSSR count). The zero-order valence-corrected chi connectivity index (χ0v) is 13.2. The SMILES string of the molecule is CC(=O)n1cc([C@H](N)C2CCCCC2)c2ccccc21.Cl. The van der Waals surface area contributed by atoms with Crippen molar-refractivity contribution in [2.24, 2.45) is 11.7 Å². The van der Waals surface area contributed by atoms with Crippen LogP contribution in [-0.4, -0.2) is 10.5 Å². The maximum atomic E-state index is 11.8. The Hall–Kier alpha value is -1.32. The van der Waals surface area contributed by atoms with Crippen molar-refractivity contribution in [3.63, 3.8) is 0 Å². The molecule has 1 saturated carbocycles. The van der Waals surface area contributed by atoms with E-state index in [-0.39, 0.29) is 24.4 Å². The molecule has 4 heteroatoms. The highest BCUT2D eigenvalue weighted by molar-refractivity contribution is 5.93. The fourth-order valence-corrected chi connectivity index (χ4v) is 3.48. The number of halogens is 1. The number of carbonyl (C=O) groups is 1. The zero-order chi connectivity index (χ0) is 14.1. The second-order valence-electron chi connectivity index (χ2n) is 5.91. The molecule has 21 heavy (non-hydrogen) atoms. The molecular formula is C17H23ClN2O. The quantitative estimate of drug-likeness (QED) is 0.899. The summed E-state index contributed by atoms with van der Waals surface area (Å²) in [6.07, 6.45) is 8.26. The largest absolute Gasteiger partial charge is 0.324 e. The number of aromatic nitrogens is 1. The van der Waals surface area contributed by atoms with Gasteiger partial charge in [-0.05, 0) is 30.4 Å². The van der Waals surface area contributed by atoms with Crippen LogP contribution in [0, 0.1) is 5.92 Å². The molecule has 1 aromatic heterocycles. The molecule has 1 aliphatic rings. The number of fused-ring (bicyclic) bond motifs is 1. The lowest BCUT2D eigenvalue weighted by Crippen LogP contribution is -2.23. The monoisotopic (exact) mass is 306 g/mol. The average molecular weight is 307 g/mol. The maximum Gasteiger partial charge on any atom is 0.227 e. The van der Waals surface area contributed by atoms with Crippen LogP contribution in [-0.2, 0) is 0 Å². The number of benzene rings is 1. The van der Waals surface area contributed by atoms with Crippen molar-refractivity contribution in [1.29, 1.82) is 0 Å². The fraction of sp³-hybridized carbons (Fsp3) is 0.471. The summed E-state index contributed by atoms with van der Waals surface area (Å²) in [7, 11) is 0. The number of hydrogen-bond donors (Lipinski definition) is 1. The Morgan fingerprint density at radius 2 is 1.90 bits per heavy atom. The van der Waals surface area contributed by atoms with Gasteiger partial charge < -0.3 is 5.73 Å². The van der Waals surface area contributed by atoms with E-state index in [2.05, 4.69) is 6.07 Å². The van der Waals surface area contributed by atoms with Crippen LogP contribution in [0.2, 0.25) is 0 Å². The smallest absolute Gasteiger partial charge is 0.227 e. The first-order valence-electron chi connectivity index (χ1n) is 7.55. The predicted octanol–water partition coefficient (Wildman–Crippen LogP) is 4.30. The van der Waals surface area contributed by atoms with Crippen molar-refractivity contribution in [1.82, 2.24) is 4.57 Å². The molecule has 0 unspecified atom stereocenters. The molecule has 0 radical (unpaired) electrons. The standard InChI is InChI=1S/C17H22N2O.ClH/c1-12(20)19-11-15(14-9-5-6-10-16(14)19)17(18)13-7-3-2-4-8-13;/h5-6,9-11,13,17H,2-4,7-8,18H2,1H3;1H/t17-;/m1./s1. The van der Waals surface area contributed by atoms with Gasteiger partial charge in [-0.3, -0.25) is 9.36 Å². The van der Waals surface area contributed by atoms with E-state index in [0.717, 1.165) is 16.5 Å². The highest BCUT2D eigenvalue weighted by atomic mass is 35.5. The molecule has 0 bridgehead atoms. The third kappa shape index (κ3) is 2.99. The normalized spacial score (nSPS) is 17.4. The number of rotatable bonds is 2. The van der Waals surface area contributed by atoms with Gasteiger partial charge in [0.1, 0.15) is 0 Å². The van der Waals surface area contributed by atoms with Gasteiger partial charge >= 0.3 is 0 Å². The van der Waals surface area contributed by atoms with Gasteiger partial charge in [0.15, 0.2) is 0 Å². The van der Waals surface area contributed by atoms with Gasteiger partial charge in [0.2, 0.25) is 5.91 Å². The lowest BCUT2D eigenvalue weighted by molar-refractivity contribution is 0.0941. The summed E-state index contributed by atoms with van der Waals surface area (Å²) < 4.78 is 1.73. The minimum Gasteiger partial charge on any atom is -0.324 e. The van der Waals surface area contributed by atoms with Gasteiger partial charge in [0, 0.05) is 24.5 Å². The summed E-state index contributed by atoms with van der Waals surface area (Å²) in [5.41, 5.74) is 8.63. The van der Waals surface area contributed by atoms with Gasteiger partial charge in [-0.15, -0.1) is 12.4 Å². The molecule has 114 valence electrons. The minimum absolute atomic E-state index is 0. The molecule has 1 fully saturated rings. The Balaban J connectivity index is 0.00000161. The molecular weight excluding hydrogens is 284 g/mol. The minimum atomic E-state index is 0. The second kappa shape index (κ2) is 6.63. The van der Waals surface area contributed by atoms with E-state index in [1.54, 1.807) is 11.5 Å². The van der Waals surface area contributed by atoms with E-state index in [9.17, 15) is 4.79 Å². The van der Waals surface area contributed by atoms with E-state index < -0.39 is 0 Å². The van der Waals surface area contributed by atoms with E-state index >= 15 is 0 Å². The average Bonchev–Trinajstić information content (AvgIpc) is 2.87.